The van der Waals surface area contributed by atoms with E-state index in [1.165, 1.54) is 64.2 Å². The van der Waals surface area contributed by atoms with Crippen LogP contribution in [-0.4, -0.2) is 6.54 Å². The number of rotatable bonds is 15. The number of hydroxylamine groups is 1. The van der Waals surface area contributed by atoms with E-state index in [1.54, 1.807) is 0 Å². The van der Waals surface area contributed by atoms with Gasteiger partial charge in [-0.25, -0.2) is 0 Å². The van der Waals surface area contributed by atoms with Gasteiger partial charge in [0.1, 0.15) is 0 Å². The molecule has 0 aromatic carbocycles. The molecule has 0 spiro atoms. The van der Waals surface area contributed by atoms with E-state index >= 15 is 0 Å². The molecule has 1 N–H and O–H groups in total. The summed E-state index contributed by atoms with van der Waals surface area (Å²) in [7, 11) is 0. The molecule has 2 heteroatoms. The second-order valence-electron chi connectivity index (χ2n) is 5.48. The molecule has 0 aliphatic carbocycles. The van der Waals surface area contributed by atoms with Gasteiger partial charge in [-0.1, -0.05) is 69.8 Å². The van der Waals surface area contributed by atoms with Crippen LogP contribution in [0.15, 0.2) is 24.3 Å². The molecule has 0 unspecified atom stereocenters. The third-order valence-corrected chi connectivity index (χ3v) is 3.48. The van der Waals surface area contributed by atoms with Gasteiger partial charge in [0.2, 0.25) is 0 Å². The molecule has 118 valence electrons. The molecule has 0 atom stereocenters. The van der Waals surface area contributed by atoms with E-state index in [0.717, 1.165) is 12.8 Å². The van der Waals surface area contributed by atoms with E-state index in [-0.39, 0.29) is 0 Å². The highest BCUT2D eigenvalue weighted by molar-refractivity contribution is 4.92. The molecule has 0 amide bonds. The zero-order valence-electron chi connectivity index (χ0n) is 13.4. The molecule has 0 fully saturated rings. The lowest BCUT2D eigenvalue weighted by molar-refractivity contribution is 0.589. The lowest BCUT2D eigenvalue weighted by atomic mass is 10.1. The Labute approximate surface area is 126 Å². The van der Waals surface area contributed by atoms with Gasteiger partial charge in [-0.3, -0.25) is 0 Å². The molecule has 0 aliphatic rings. The summed E-state index contributed by atoms with van der Waals surface area (Å²) in [6.45, 7) is 2.87. The molecule has 0 aromatic rings. The van der Waals surface area contributed by atoms with Crippen LogP contribution in [0.2, 0.25) is 0 Å². The number of hydrogen-bond acceptors (Lipinski definition) is 2. The summed E-state index contributed by atoms with van der Waals surface area (Å²) in [4.78, 5) is 0. The summed E-state index contributed by atoms with van der Waals surface area (Å²) >= 11 is 0. The van der Waals surface area contributed by atoms with Crippen LogP contribution in [0.3, 0.4) is 0 Å². The number of hydrogen-bond donors (Lipinski definition) is 1. The van der Waals surface area contributed by atoms with Crippen LogP contribution < -0.4 is 5.48 Å². The van der Waals surface area contributed by atoms with Crippen molar-refractivity contribution in [3.05, 3.63) is 29.5 Å². The molecule has 2 nitrogen and oxygen atoms in total. The van der Waals surface area contributed by atoms with E-state index in [2.05, 4.69) is 31.2 Å². The van der Waals surface area contributed by atoms with Gasteiger partial charge >= 0.3 is 0 Å². The Hall–Kier alpha value is -0.600. The highest BCUT2D eigenvalue weighted by Gasteiger charge is 1.89. The fraction of sp³-hybridized carbons (Fsp3) is 0.778. The van der Waals surface area contributed by atoms with Gasteiger partial charge in [0.25, 0.3) is 0 Å². The maximum Gasteiger partial charge on any atom is -0.0169 e. The third-order valence-electron chi connectivity index (χ3n) is 3.48. The summed E-state index contributed by atoms with van der Waals surface area (Å²) < 4.78 is 0. The second-order valence-corrected chi connectivity index (χ2v) is 5.48. The second kappa shape index (κ2) is 18.4. The van der Waals surface area contributed by atoms with Crippen LogP contribution >= 0.6 is 0 Å². The molecule has 0 heterocycles. The Bertz CT molecular complexity index is 223. The lowest BCUT2D eigenvalue weighted by Crippen LogP contribution is -2.04. The predicted molar refractivity (Wildman–Crippen MR) is 90.7 cm³/mol. The summed E-state index contributed by atoms with van der Waals surface area (Å²) in [5.41, 5.74) is 1.95. The minimum Gasteiger partial charge on any atom is -0.788 e. The van der Waals surface area contributed by atoms with Crippen molar-refractivity contribution in [1.29, 1.82) is 0 Å². The van der Waals surface area contributed by atoms with Crippen molar-refractivity contribution < 1.29 is 0 Å². The lowest BCUT2D eigenvalue weighted by Gasteiger charge is -2.05. The van der Waals surface area contributed by atoms with Crippen LogP contribution in [0.4, 0.5) is 0 Å². The maximum absolute atomic E-state index is 10.0. The highest BCUT2D eigenvalue weighted by atomic mass is 16.5. The Kier molecular flexibility index (Phi) is 17.8. The van der Waals surface area contributed by atoms with Crippen LogP contribution in [-0.2, 0) is 0 Å². The van der Waals surface area contributed by atoms with Gasteiger partial charge in [0, 0.05) is 0 Å². The average molecular weight is 280 g/mol. The molecular weight excluding hydrogens is 246 g/mol. The summed E-state index contributed by atoms with van der Waals surface area (Å²) in [6, 6.07) is 0. The van der Waals surface area contributed by atoms with Crippen molar-refractivity contribution in [1.82, 2.24) is 5.48 Å². The van der Waals surface area contributed by atoms with Gasteiger partial charge in [-0.15, -0.1) is 0 Å². The first-order valence-corrected chi connectivity index (χ1v) is 8.56. The van der Waals surface area contributed by atoms with Crippen molar-refractivity contribution in [2.75, 3.05) is 6.54 Å². The minimum atomic E-state index is 0.620. The van der Waals surface area contributed by atoms with E-state index in [4.69, 9.17) is 0 Å². The Morgan fingerprint density at radius 3 is 1.85 bits per heavy atom. The standard InChI is InChI=1S/C18H34NO/c1-2-3-4-5-6-7-8-9-10-11-12-13-14-15-16-17-18-19-20/h6-7,9-10,19H,2-5,8,11-18H2,1H3/q-1/b7-6-,10-9-. The topological polar surface area (TPSA) is 35.1 Å². The number of unbranched alkanes of at least 4 members (excludes halogenated alkanes) is 9. The maximum atomic E-state index is 10.0. The average Bonchev–Trinajstić information content (AvgIpc) is 2.47. The molecular formula is C18H34NO-. The van der Waals surface area contributed by atoms with Crippen molar-refractivity contribution in [3.8, 4) is 0 Å². The Morgan fingerprint density at radius 1 is 0.700 bits per heavy atom. The third kappa shape index (κ3) is 17.4. The zero-order chi connectivity index (χ0) is 14.7. The highest BCUT2D eigenvalue weighted by Crippen LogP contribution is 2.07. The van der Waals surface area contributed by atoms with Gasteiger partial charge < -0.3 is 10.7 Å². The Balaban J connectivity index is 3.12. The van der Waals surface area contributed by atoms with E-state index in [9.17, 15) is 5.21 Å². The predicted octanol–water partition coefficient (Wildman–Crippen LogP) is 5.89. The van der Waals surface area contributed by atoms with Crippen molar-refractivity contribution in [2.24, 2.45) is 0 Å². The summed E-state index contributed by atoms with van der Waals surface area (Å²) in [6.07, 6.45) is 24.2. The molecule has 0 radical (unpaired) electrons. The minimum absolute atomic E-state index is 0.620. The first kappa shape index (κ1) is 19.4. The molecule has 0 saturated heterocycles. The molecule has 0 saturated carbocycles. The normalized spacial score (nSPS) is 11.9. The Morgan fingerprint density at radius 2 is 1.25 bits per heavy atom. The SMILES string of the molecule is CCCCC/C=C\C/C=C\CCCCCCCCN[O-]. The van der Waals surface area contributed by atoms with Gasteiger partial charge in [-0.05, 0) is 45.1 Å². The first-order chi connectivity index (χ1) is 9.91. The summed E-state index contributed by atoms with van der Waals surface area (Å²) in [5, 5.41) is 10.0. The van der Waals surface area contributed by atoms with Gasteiger partial charge in [0.15, 0.2) is 0 Å². The monoisotopic (exact) mass is 280 g/mol. The fourth-order valence-corrected chi connectivity index (χ4v) is 2.19. The molecule has 20 heavy (non-hydrogen) atoms. The van der Waals surface area contributed by atoms with Crippen molar-refractivity contribution in [2.45, 2.75) is 84.0 Å². The van der Waals surface area contributed by atoms with Crippen molar-refractivity contribution >= 4 is 0 Å². The van der Waals surface area contributed by atoms with E-state index < -0.39 is 0 Å². The molecule has 0 aliphatic heterocycles. The fourth-order valence-electron chi connectivity index (χ4n) is 2.19. The van der Waals surface area contributed by atoms with E-state index in [1.807, 2.05) is 5.48 Å². The van der Waals surface area contributed by atoms with Crippen molar-refractivity contribution in [3.63, 3.8) is 0 Å². The quantitative estimate of drug-likeness (QED) is 0.231. The number of nitrogens with one attached hydrogen (secondary N) is 1. The zero-order valence-corrected chi connectivity index (χ0v) is 13.4. The number of allylic oxidation sites excluding steroid dienone is 4. The van der Waals surface area contributed by atoms with Crippen LogP contribution in [0.25, 0.3) is 0 Å². The first-order valence-electron chi connectivity index (χ1n) is 8.56. The summed E-state index contributed by atoms with van der Waals surface area (Å²) in [5.74, 6) is 0. The van der Waals surface area contributed by atoms with E-state index in [0.29, 0.717) is 6.54 Å². The van der Waals surface area contributed by atoms with Gasteiger partial charge in [-0.2, -0.15) is 0 Å². The molecule has 0 bridgehead atoms. The van der Waals surface area contributed by atoms with Crippen LogP contribution in [0.5, 0.6) is 0 Å². The van der Waals surface area contributed by atoms with Crippen LogP contribution in [0, 0.1) is 5.21 Å². The van der Waals surface area contributed by atoms with Crippen LogP contribution in [0.1, 0.15) is 84.0 Å². The molecule has 0 aromatic heterocycles. The van der Waals surface area contributed by atoms with Gasteiger partial charge in [0.05, 0.1) is 0 Å². The smallest absolute Gasteiger partial charge is 0.0169 e. The molecule has 0 rings (SSSR count). The largest absolute Gasteiger partial charge is 0.788 e.